The second kappa shape index (κ2) is 6.42. The van der Waals surface area contributed by atoms with Gasteiger partial charge in [0.15, 0.2) is 9.84 Å². The number of fused-ring (bicyclic) bond motifs is 1. The van der Waals surface area contributed by atoms with Crippen molar-refractivity contribution in [3.63, 3.8) is 0 Å². The Morgan fingerprint density at radius 1 is 1.07 bits per heavy atom. The van der Waals surface area contributed by atoms with E-state index in [1.54, 1.807) is 32.4 Å². The molecule has 148 valence electrons. The minimum absolute atomic E-state index is 0.303. The number of benzene rings is 2. The molecular weight excluding hydrogens is 394 g/mol. The molecule has 1 saturated carbocycles. The summed E-state index contributed by atoms with van der Waals surface area (Å²) in [6.45, 7) is 1.78. The Balaban J connectivity index is 2.10. The molecule has 8 heteroatoms. The predicted molar refractivity (Wildman–Crippen MR) is 112 cm³/mol. The number of hydrogen-bond donors (Lipinski definition) is 1. The standard InChI is InChI=1S/C20H23N3O3S2/c1-12-11-14(7-9-16(12)28(4,25)26)18-17(27(3,24)21-2)10-8-15-19(18)20(23-22-15)13-5-6-13/h7-11,13H,5-6H2,1-4H3,(H,22,23). The summed E-state index contributed by atoms with van der Waals surface area (Å²) in [5, 5.41) is 8.59. The van der Waals surface area contributed by atoms with Crippen molar-refractivity contribution in [1.29, 1.82) is 0 Å². The summed E-state index contributed by atoms with van der Waals surface area (Å²) in [7, 11) is -4.36. The summed E-state index contributed by atoms with van der Waals surface area (Å²) in [6, 6.07) is 9.00. The third-order valence-electron chi connectivity index (χ3n) is 5.30. The summed E-state index contributed by atoms with van der Waals surface area (Å²) in [5.41, 5.74) is 4.19. The van der Waals surface area contributed by atoms with Crippen molar-refractivity contribution in [1.82, 2.24) is 10.2 Å². The average molecular weight is 418 g/mol. The van der Waals surface area contributed by atoms with E-state index in [-0.39, 0.29) is 0 Å². The van der Waals surface area contributed by atoms with Crippen LogP contribution in [0.2, 0.25) is 0 Å². The summed E-state index contributed by atoms with van der Waals surface area (Å²) in [6.07, 6.45) is 5.02. The normalized spacial score (nSPS) is 16.9. The second-order valence-electron chi connectivity index (χ2n) is 7.48. The van der Waals surface area contributed by atoms with Gasteiger partial charge in [-0.25, -0.2) is 17.0 Å². The molecule has 2 aromatic carbocycles. The van der Waals surface area contributed by atoms with E-state index in [1.807, 2.05) is 18.2 Å². The Morgan fingerprint density at radius 3 is 2.32 bits per heavy atom. The molecular formula is C20H23N3O3S2. The van der Waals surface area contributed by atoms with Crippen LogP contribution in [0.1, 0.15) is 30.0 Å². The van der Waals surface area contributed by atoms with Gasteiger partial charge in [0.25, 0.3) is 0 Å². The molecule has 1 unspecified atom stereocenters. The van der Waals surface area contributed by atoms with Crippen molar-refractivity contribution in [3.8, 4) is 11.1 Å². The van der Waals surface area contributed by atoms with Crippen molar-refractivity contribution in [2.75, 3.05) is 19.6 Å². The summed E-state index contributed by atoms with van der Waals surface area (Å²) in [5.74, 6) is 0.408. The van der Waals surface area contributed by atoms with Gasteiger partial charge in [0.1, 0.15) is 0 Å². The third kappa shape index (κ3) is 3.14. The first-order valence-electron chi connectivity index (χ1n) is 9.06. The number of rotatable bonds is 4. The number of nitrogens with one attached hydrogen (secondary N) is 1. The number of aryl methyl sites for hydroxylation is 1. The van der Waals surface area contributed by atoms with Crippen LogP contribution in [0, 0.1) is 6.92 Å². The lowest BCUT2D eigenvalue weighted by Crippen LogP contribution is -2.03. The van der Waals surface area contributed by atoms with Crippen molar-refractivity contribution in [2.45, 2.75) is 35.5 Å². The highest BCUT2D eigenvalue weighted by Crippen LogP contribution is 2.46. The molecule has 0 amide bonds. The highest BCUT2D eigenvalue weighted by atomic mass is 32.2. The zero-order chi connectivity index (χ0) is 20.3. The lowest BCUT2D eigenvalue weighted by molar-refractivity contribution is 0.601. The fraction of sp³-hybridized carbons (Fsp3) is 0.350. The first-order valence-corrected chi connectivity index (χ1v) is 12.9. The molecule has 1 aliphatic rings. The molecule has 0 aliphatic heterocycles. The second-order valence-corrected chi connectivity index (χ2v) is 11.9. The fourth-order valence-corrected chi connectivity index (χ4v) is 5.77. The molecule has 0 bridgehead atoms. The Bertz CT molecular complexity index is 1330. The zero-order valence-electron chi connectivity index (χ0n) is 16.3. The highest BCUT2D eigenvalue weighted by molar-refractivity contribution is 7.93. The van der Waals surface area contributed by atoms with E-state index in [9.17, 15) is 12.6 Å². The maximum atomic E-state index is 13.2. The number of H-pyrrole nitrogens is 1. The highest BCUT2D eigenvalue weighted by Gasteiger charge is 2.31. The molecule has 1 atom stereocenters. The van der Waals surface area contributed by atoms with E-state index in [2.05, 4.69) is 14.6 Å². The molecule has 0 spiro atoms. The molecule has 28 heavy (non-hydrogen) atoms. The van der Waals surface area contributed by atoms with Crippen LogP contribution < -0.4 is 0 Å². The Morgan fingerprint density at radius 2 is 1.75 bits per heavy atom. The van der Waals surface area contributed by atoms with E-state index in [0.717, 1.165) is 40.6 Å². The van der Waals surface area contributed by atoms with E-state index >= 15 is 0 Å². The Hall–Kier alpha value is -2.19. The number of sulfone groups is 1. The first kappa shape index (κ1) is 19.1. The van der Waals surface area contributed by atoms with Crippen LogP contribution in [0.25, 0.3) is 22.0 Å². The van der Waals surface area contributed by atoms with Crippen LogP contribution in [0.3, 0.4) is 0 Å². The van der Waals surface area contributed by atoms with Crippen molar-refractivity contribution in [3.05, 3.63) is 41.6 Å². The molecule has 0 radical (unpaired) electrons. The van der Waals surface area contributed by atoms with Crippen molar-refractivity contribution in [2.24, 2.45) is 4.36 Å². The van der Waals surface area contributed by atoms with E-state index in [1.165, 1.54) is 6.26 Å². The molecule has 1 heterocycles. The molecule has 1 aromatic heterocycles. The van der Waals surface area contributed by atoms with Crippen LogP contribution in [-0.4, -0.2) is 42.4 Å². The van der Waals surface area contributed by atoms with Gasteiger partial charge < -0.3 is 0 Å². The van der Waals surface area contributed by atoms with Gasteiger partial charge in [-0.3, -0.25) is 5.10 Å². The lowest BCUT2D eigenvalue weighted by atomic mass is 9.97. The SMILES string of the molecule is CN=S(C)(=O)c1ccc2[nH]nc(C3CC3)c2c1-c1ccc(S(C)(=O)=O)c(C)c1. The molecule has 0 saturated heterocycles. The summed E-state index contributed by atoms with van der Waals surface area (Å²) >= 11 is 0. The molecule has 4 rings (SSSR count). The first-order chi connectivity index (χ1) is 13.1. The van der Waals surface area contributed by atoms with Gasteiger partial charge in [0.05, 0.1) is 30.7 Å². The predicted octanol–water partition coefficient (Wildman–Crippen LogP) is 3.91. The van der Waals surface area contributed by atoms with Crippen LogP contribution in [-0.2, 0) is 19.6 Å². The molecule has 1 aliphatic carbocycles. The van der Waals surface area contributed by atoms with Gasteiger partial charge in [-0.15, -0.1) is 0 Å². The van der Waals surface area contributed by atoms with Crippen molar-refractivity contribution < 1.29 is 12.6 Å². The van der Waals surface area contributed by atoms with Gasteiger partial charge in [-0.1, -0.05) is 12.1 Å². The minimum Gasteiger partial charge on any atom is -0.278 e. The Kier molecular flexibility index (Phi) is 4.39. The summed E-state index contributed by atoms with van der Waals surface area (Å²) in [4.78, 5) is 0.953. The van der Waals surface area contributed by atoms with Crippen LogP contribution in [0.4, 0.5) is 0 Å². The smallest absolute Gasteiger partial charge is 0.175 e. The fourth-order valence-electron chi connectivity index (χ4n) is 3.69. The van der Waals surface area contributed by atoms with Gasteiger partial charge in [0, 0.05) is 36.4 Å². The topological polar surface area (TPSA) is 92.2 Å². The van der Waals surface area contributed by atoms with E-state index in [4.69, 9.17) is 0 Å². The maximum absolute atomic E-state index is 13.2. The quantitative estimate of drug-likeness (QED) is 0.697. The van der Waals surface area contributed by atoms with Crippen LogP contribution in [0.5, 0.6) is 0 Å². The third-order valence-corrected chi connectivity index (χ3v) is 8.41. The number of nitrogens with zero attached hydrogens (tertiary/aromatic N) is 2. The van der Waals surface area contributed by atoms with Crippen LogP contribution in [0.15, 0.2) is 44.5 Å². The Labute approximate surface area is 165 Å². The van der Waals surface area contributed by atoms with E-state index < -0.39 is 19.6 Å². The zero-order valence-corrected chi connectivity index (χ0v) is 17.9. The molecule has 3 aromatic rings. The number of aromatic amines is 1. The van der Waals surface area contributed by atoms with Gasteiger partial charge in [-0.05, 0) is 49.1 Å². The minimum atomic E-state index is -3.31. The van der Waals surface area contributed by atoms with Crippen LogP contribution >= 0.6 is 0 Å². The van der Waals surface area contributed by atoms with Gasteiger partial charge in [0.2, 0.25) is 0 Å². The maximum Gasteiger partial charge on any atom is 0.175 e. The number of hydrogen-bond acceptors (Lipinski definition) is 5. The molecule has 1 fully saturated rings. The van der Waals surface area contributed by atoms with Gasteiger partial charge in [-0.2, -0.15) is 5.10 Å². The monoisotopic (exact) mass is 417 g/mol. The lowest BCUT2D eigenvalue weighted by Gasteiger charge is -2.15. The molecule has 6 nitrogen and oxygen atoms in total. The largest absolute Gasteiger partial charge is 0.278 e. The van der Waals surface area contributed by atoms with Crippen molar-refractivity contribution >= 4 is 30.5 Å². The summed E-state index contributed by atoms with van der Waals surface area (Å²) < 4.78 is 41.4. The van der Waals surface area contributed by atoms with E-state index in [0.29, 0.717) is 21.3 Å². The number of aromatic nitrogens is 2. The average Bonchev–Trinajstić information content (AvgIpc) is 3.38. The van der Waals surface area contributed by atoms with Gasteiger partial charge >= 0.3 is 0 Å². The molecule has 1 N–H and O–H groups in total.